The maximum absolute atomic E-state index is 13.6. The minimum atomic E-state index is -0.843. The number of rotatable bonds is 5. The minimum Gasteiger partial charge on any atom is -0.507 e. The van der Waals surface area contributed by atoms with Crippen molar-refractivity contribution >= 4 is 45.6 Å². The molecule has 0 saturated carbocycles. The van der Waals surface area contributed by atoms with Crippen molar-refractivity contribution in [1.82, 2.24) is 4.98 Å². The Morgan fingerprint density at radius 2 is 1.73 bits per heavy atom. The van der Waals surface area contributed by atoms with Crippen LogP contribution in [0.1, 0.15) is 42.3 Å². The lowest BCUT2D eigenvalue weighted by Gasteiger charge is -2.26. The lowest BCUT2D eigenvalue weighted by atomic mass is 9.92. The molecule has 0 spiro atoms. The number of nitrogens with zero attached hydrogens (tertiary/aromatic N) is 1. The number of ether oxygens (including phenoxy) is 1. The number of aliphatic hydroxyl groups is 1. The van der Waals surface area contributed by atoms with Crippen LogP contribution in [0.3, 0.4) is 0 Å². The number of H-pyrrole nitrogens is 1. The molecule has 5 rings (SSSR count). The third kappa shape index (κ3) is 4.27. The van der Waals surface area contributed by atoms with E-state index in [-0.39, 0.29) is 17.4 Å². The van der Waals surface area contributed by atoms with Crippen molar-refractivity contribution in [3.8, 4) is 5.75 Å². The molecule has 1 amide bonds. The summed E-state index contributed by atoms with van der Waals surface area (Å²) in [7, 11) is 0. The number of Topliss-reactive ketones (excluding diaryl/α,β-unsaturated/α-hetero) is 1. The summed E-state index contributed by atoms with van der Waals surface area (Å²) in [6.07, 6.45) is -0.00676. The van der Waals surface area contributed by atoms with Gasteiger partial charge in [-0.25, -0.2) is 0 Å². The molecule has 188 valence electrons. The first-order valence-corrected chi connectivity index (χ1v) is 12.5. The van der Waals surface area contributed by atoms with E-state index < -0.39 is 17.7 Å². The normalized spacial score (nSPS) is 17.2. The molecular formula is C30H27ClN2O4. The van der Waals surface area contributed by atoms with E-state index >= 15 is 0 Å². The molecule has 1 aromatic heterocycles. The monoisotopic (exact) mass is 514 g/mol. The zero-order chi connectivity index (χ0) is 26.4. The van der Waals surface area contributed by atoms with Crippen LogP contribution in [0.4, 0.5) is 5.69 Å². The number of para-hydroxylation sites is 1. The SMILES string of the molecule is Cc1cc(/C(O)=C2\C(=O)C(=O)N(c3ccc(Cl)cc3)C2c2c(C)[nH]c3ccccc23)ccc1OC(C)C. The van der Waals surface area contributed by atoms with Crippen LogP contribution in [-0.2, 0) is 9.59 Å². The Morgan fingerprint density at radius 3 is 2.41 bits per heavy atom. The van der Waals surface area contributed by atoms with Crippen LogP contribution in [0.15, 0.2) is 72.3 Å². The summed E-state index contributed by atoms with van der Waals surface area (Å²) in [5.74, 6) is -1.00. The molecule has 1 aliphatic heterocycles. The lowest BCUT2D eigenvalue weighted by Crippen LogP contribution is -2.29. The highest BCUT2D eigenvalue weighted by Gasteiger charge is 2.48. The molecule has 37 heavy (non-hydrogen) atoms. The van der Waals surface area contributed by atoms with E-state index in [1.807, 2.05) is 52.0 Å². The van der Waals surface area contributed by atoms with E-state index in [2.05, 4.69) is 4.98 Å². The summed E-state index contributed by atoms with van der Waals surface area (Å²) in [5, 5.41) is 12.9. The Hall–Kier alpha value is -4.03. The van der Waals surface area contributed by atoms with E-state index in [0.717, 1.165) is 27.7 Å². The largest absolute Gasteiger partial charge is 0.507 e. The van der Waals surface area contributed by atoms with Gasteiger partial charge in [-0.1, -0.05) is 29.8 Å². The molecule has 1 unspecified atom stereocenters. The average molecular weight is 515 g/mol. The second-order valence-corrected chi connectivity index (χ2v) is 9.94. The Kier molecular flexibility index (Phi) is 6.30. The predicted octanol–water partition coefficient (Wildman–Crippen LogP) is 6.85. The number of aromatic nitrogens is 1. The van der Waals surface area contributed by atoms with Crippen LogP contribution in [0.25, 0.3) is 16.7 Å². The average Bonchev–Trinajstić information content (AvgIpc) is 3.32. The zero-order valence-electron chi connectivity index (χ0n) is 21.0. The second-order valence-electron chi connectivity index (χ2n) is 9.50. The first-order valence-electron chi connectivity index (χ1n) is 12.1. The highest BCUT2D eigenvalue weighted by molar-refractivity contribution is 6.52. The number of hydrogen-bond donors (Lipinski definition) is 2. The standard InChI is InChI=1S/C30H27ClN2O4/c1-16(2)37-24-14-9-19(15-17(24)3)28(34)26-27(25-18(4)32-23-8-6-5-7-22(23)25)33(30(36)29(26)35)21-12-10-20(31)11-13-21/h5-16,27,32,34H,1-4H3/b28-26+. The van der Waals surface area contributed by atoms with Crippen molar-refractivity contribution in [3.05, 3.63) is 99.7 Å². The fraction of sp³-hybridized carbons (Fsp3) is 0.200. The summed E-state index contributed by atoms with van der Waals surface area (Å²) in [4.78, 5) is 31.8. The van der Waals surface area contributed by atoms with Crippen molar-refractivity contribution in [2.24, 2.45) is 0 Å². The maximum Gasteiger partial charge on any atom is 0.300 e. The number of anilines is 1. The van der Waals surface area contributed by atoms with Crippen LogP contribution in [0.2, 0.25) is 5.02 Å². The number of aliphatic hydroxyl groups excluding tert-OH is 1. The molecule has 0 bridgehead atoms. The lowest BCUT2D eigenvalue weighted by molar-refractivity contribution is -0.132. The number of benzene rings is 3. The van der Waals surface area contributed by atoms with Gasteiger partial charge in [0, 0.05) is 38.4 Å². The van der Waals surface area contributed by atoms with E-state index in [9.17, 15) is 14.7 Å². The molecule has 0 aliphatic carbocycles. The Morgan fingerprint density at radius 1 is 1.03 bits per heavy atom. The van der Waals surface area contributed by atoms with Crippen LogP contribution >= 0.6 is 11.6 Å². The number of aryl methyl sites for hydroxylation is 2. The molecule has 1 saturated heterocycles. The number of amides is 1. The first-order chi connectivity index (χ1) is 17.7. The number of hydrogen-bond acceptors (Lipinski definition) is 4. The molecule has 2 heterocycles. The van der Waals surface area contributed by atoms with E-state index in [1.54, 1.807) is 42.5 Å². The number of carbonyl (C=O) groups excluding carboxylic acids is 2. The van der Waals surface area contributed by atoms with Gasteiger partial charge in [-0.2, -0.15) is 0 Å². The molecule has 7 heteroatoms. The summed E-state index contributed by atoms with van der Waals surface area (Å²) in [6.45, 7) is 7.66. The molecule has 1 fully saturated rings. The fourth-order valence-corrected chi connectivity index (χ4v) is 5.09. The molecular weight excluding hydrogens is 488 g/mol. The quantitative estimate of drug-likeness (QED) is 0.173. The van der Waals surface area contributed by atoms with Crippen molar-refractivity contribution in [3.63, 3.8) is 0 Å². The van der Waals surface area contributed by atoms with Gasteiger partial charge in [0.1, 0.15) is 11.5 Å². The van der Waals surface area contributed by atoms with Gasteiger partial charge in [0.05, 0.1) is 17.7 Å². The number of halogens is 1. The van der Waals surface area contributed by atoms with Crippen molar-refractivity contribution < 1.29 is 19.4 Å². The highest BCUT2D eigenvalue weighted by Crippen LogP contribution is 2.45. The first kappa shape index (κ1) is 24.7. The third-order valence-electron chi connectivity index (χ3n) is 6.58. The summed E-state index contributed by atoms with van der Waals surface area (Å²) < 4.78 is 5.83. The second kappa shape index (κ2) is 9.45. The smallest absolute Gasteiger partial charge is 0.300 e. The minimum absolute atomic E-state index is 0.00676. The number of ketones is 1. The van der Waals surface area contributed by atoms with Gasteiger partial charge >= 0.3 is 0 Å². The topological polar surface area (TPSA) is 82.6 Å². The number of fused-ring (bicyclic) bond motifs is 1. The Labute approximate surface area is 220 Å². The van der Waals surface area contributed by atoms with Crippen molar-refractivity contribution in [2.75, 3.05) is 4.90 Å². The van der Waals surface area contributed by atoms with Crippen LogP contribution in [-0.4, -0.2) is 27.9 Å². The van der Waals surface area contributed by atoms with Gasteiger partial charge in [-0.15, -0.1) is 0 Å². The molecule has 6 nitrogen and oxygen atoms in total. The van der Waals surface area contributed by atoms with Gasteiger partial charge in [-0.3, -0.25) is 14.5 Å². The molecule has 2 N–H and O–H groups in total. The van der Waals surface area contributed by atoms with Crippen LogP contribution < -0.4 is 9.64 Å². The van der Waals surface area contributed by atoms with Gasteiger partial charge in [0.15, 0.2) is 0 Å². The van der Waals surface area contributed by atoms with Gasteiger partial charge < -0.3 is 14.8 Å². The van der Waals surface area contributed by atoms with Crippen LogP contribution in [0.5, 0.6) is 5.75 Å². The van der Waals surface area contributed by atoms with Crippen molar-refractivity contribution in [2.45, 2.75) is 39.8 Å². The molecule has 1 aliphatic rings. The maximum atomic E-state index is 13.6. The summed E-state index contributed by atoms with van der Waals surface area (Å²) in [6, 6.07) is 18.9. The summed E-state index contributed by atoms with van der Waals surface area (Å²) in [5.41, 5.74) is 4.22. The van der Waals surface area contributed by atoms with Gasteiger partial charge in [-0.05, 0) is 81.8 Å². The fourth-order valence-electron chi connectivity index (χ4n) is 4.96. The molecule has 0 radical (unpaired) electrons. The van der Waals surface area contributed by atoms with E-state index in [4.69, 9.17) is 16.3 Å². The van der Waals surface area contributed by atoms with E-state index in [0.29, 0.717) is 22.0 Å². The van der Waals surface area contributed by atoms with Gasteiger partial charge in [0.2, 0.25) is 0 Å². The van der Waals surface area contributed by atoms with Crippen molar-refractivity contribution in [1.29, 1.82) is 0 Å². The third-order valence-corrected chi connectivity index (χ3v) is 6.83. The number of carbonyl (C=O) groups is 2. The zero-order valence-corrected chi connectivity index (χ0v) is 21.8. The van der Waals surface area contributed by atoms with Crippen LogP contribution in [0, 0.1) is 13.8 Å². The molecule has 4 aromatic rings. The predicted molar refractivity (Wildman–Crippen MR) is 146 cm³/mol. The highest BCUT2D eigenvalue weighted by atomic mass is 35.5. The number of nitrogens with one attached hydrogen (secondary N) is 1. The molecule has 3 aromatic carbocycles. The molecule has 1 atom stereocenters. The Bertz CT molecular complexity index is 1570. The number of aromatic amines is 1. The summed E-state index contributed by atoms with van der Waals surface area (Å²) >= 11 is 6.11. The Balaban J connectivity index is 1.75. The van der Waals surface area contributed by atoms with E-state index in [1.165, 1.54) is 4.90 Å². The van der Waals surface area contributed by atoms with Gasteiger partial charge in [0.25, 0.3) is 11.7 Å².